The number of benzene rings is 4. The van der Waals surface area contributed by atoms with E-state index < -0.39 is 23.9 Å². The molecular formula is C40H42ClN3O5. The summed E-state index contributed by atoms with van der Waals surface area (Å²) in [5.74, 6) is -0.380. The van der Waals surface area contributed by atoms with Crippen molar-refractivity contribution in [2.45, 2.75) is 70.9 Å². The largest absolute Gasteiger partial charge is 0.444 e. The number of carbonyl (C=O) groups excluding carboxylic acids is 3. The number of ether oxygens (including phenoxy) is 2. The highest BCUT2D eigenvalue weighted by atomic mass is 35.5. The number of hydrogen-bond acceptors (Lipinski definition) is 5. The van der Waals surface area contributed by atoms with E-state index in [1.165, 1.54) is 0 Å². The van der Waals surface area contributed by atoms with Gasteiger partial charge in [-0.1, -0.05) is 90.5 Å². The minimum atomic E-state index is -1.03. The Kier molecular flexibility index (Phi) is 10.4. The van der Waals surface area contributed by atoms with Crippen LogP contribution in [0, 0.1) is 0 Å². The molecular weight excluding hydrogens is 638 g/mol. The molecule has 9 heteroatoms. The Hall–Kier alpha value is -4.66. The zero-order valence-electron chi connectivity index (χ0n) is 28.2. The first-order chi connectivity index (χ1) is 23.5. The van der Waals surface area contributed by atoms with Crippen LogP contribution in [0.5, 0.6) is 0 Å². The fourth-order valence-electron chi connectivity index (χ4n) is 6.35. The van der Waals surface area contributed by atoms with Crippen LogP contribution in [-0.2, 0) is 32.2 Å². The third-order valence-corrected chi connectivity index (χ3v) is 8.95. The number of fused-ring (bicyclic) bond motifs is 1. The van der Waals surface area contributed by atoms with Crippen molar-refractivity contribution in [3.8, 4) is 11.1 Å². The molecule has 49 heavy (non-hydrogen) atoms. The van der Waals surface area contributed by atoms with Crippen molar-refractivity contribution in [3.05, 3.63) is 124 Å². The van der Waals surface area contributed by atoms with E-state index in [1.807, 2.05) is 92.4 Å². The first-order valence-electron chi connectivity index (χ1n) is 16.8. The maximum Gasteiger partial charge on any atom is 0.407 e. The van der Waals surface area contributed by atoms with E-state index in [1.54, 1.807) is 11.0 Å². The zero-order valence-corrected chi connectivity index (χ0v) is 28.9. The van der Waals surface area contributed by atoms with E-state index in [-0.39, 0.29) is 31.3 Å². The lowest BCUT2D eigenvalue weighted by Crippen LogP contribution is -2.42. The van der Waals surface area contributed by atoms with E-state index in [2.05, 4.69) is 29.6 Å². The van der Waals surface area contributed by atoms with Crippen molar-refractivity contribution in [2.24, 2.45) is 0 Å². The molecule has 0 spiro atoms. The highest BCUT2D eigenvalue weighted by molar-refractivity contribution is 6.30. The monoisotopic (exact) mass is 679 g/mol. The van der Waals surface area contributed by atoms with Gasteiger partial charge in [0.1, 0.15) is 17.8 Å². The number of nitrogens with zero attached hydrogens (tertiary/aromatic N) is 2. The molecule has 4 aromatic rings. The Morgan fingerprint density at radius 1 is 0.878 bits per heavy atom. The second-order valence-electron chi connectivity index (χ2n) is 13.6. The third kappa shape index (κ3) is 8.50. The summed E-state index contributed by atoms with van der Waals surface area (Å²) in [6.45, 7) is 7.33. The van der Waals surface area contributed by atoms with Gasteiger partial charge in [0.2, 0.25) is 5.91 Å². The summed E-state index contributed by atoms with van der Waals surface area (Å²) in [5.41, 5.74) is 5.49. The maximum absolute atomic E-state index is 14.5. The van der Waals surface area contributed by atoms with Gasteiger partial charge in [-0.05, 0) is 79.6 Å². The van der Waals surface area contributed by atoms with Crippen LogP contribution in [0.2, 0.25) is 5.02 Å². The third-order valence-electron chi connectivity index (χ3n) is 8.71. The van der Waals surface area contributed by atoms with Gasteiger partial charge >= 0.3 is 6.09 Å². The standard InChI is InChI=1S/C40H42ClN3O5/c1-40(2,3)49-39(47)42-25-28-10-9-13-31(22-28)37-33-23-32(41)18-19-34(33)44(38(46)35(48-37)24-36(45)43-20-7-8-21-43)26-27-14-16-30(17-15-27)29-11-5-4-6-12-29/h4-6,9-19,22-23,35,37H,7-8,20-21,24-26H2,1-3H3,(H,42,47). The van der Waals surface area contributed by atoms with Crippen LogP contribution in [0.3, 0.4) is 0 Å². The lowest BCUT2D eigenvalue weighted by atomic mass is 9.97. The number of hydrogen-bond donors (Lipinski definition) is 1. The minimum absolute atomic E-state index is 0.0691. The topological polar surface area (TPSA) is 88.2 Å². The van der Waals surface area contributed by atoms with Gasteiger partial charge in [-0.25, -0.2) is 4.79 Å². The van der Waals surface area contributed by atoms with Gasteiger partial charge in [0, 0.05) is 30.2 Å². The van der Waals surface area contributed by atoms with Crippen LogP contribution in [0.15, 0.2) is 97.1 Å². The molecule has 2 aliphatic rings. The molecule has 0 bridgehead atoms. The first-order valence-corrected chi connectivity index (χ1v) is 17.2. The smallest absolute Gasteiger partial charge is 0.407 e. The molecule has 1 N–H and O–H groups in total. The average Bonchev–Trinajstić information content (AvgIpc) is 3.61. The van der Waals surface area contributed by atoms with Crippen LogP contribution >= 0.6 is 11.6 Å². The molecule has 2 atom stereocenters. The molecule has 0 aliphatic carbocycles. The number of carbonyl (C=O) groups is 3. The Balaban J connectivity index is 1.34. The first kappa shape index (κ1) is 34.2. The lowest BCUT2D eigenvalue weighted by molar-refractivity contribution is -0.142. The van der Waals surface area contributed by atoms with Gasteiger partial charge in [0.05, 0.1) is 18.7 Å². The Morgan fingerprint density at radius 2 is 1.59 bits per heavy atom. The molecule has 0 saturated carbocycles. The molecule has 1 saturated heterocycles. The maximum atomic E-state index is 14.5. The summed E-state index contributed by atoms with van der Waals surface area (Å²) in [7, 11) is 0. The number of likely N-dealkylation sites (tertiary alicyclic amines) is 1. The van der Waals surface area contributed by atoms with E-state index in [0.29, 0.717) is 23.8 Å². The second-order valence-corrected chi connectivity index (χ2v) is 14.0. The normalized spacial score (nSPS) is 17.8. The van der Waals surface area contributed by atoms with Gasteiger partial charge in [-0.3, -0.25) is 9.59 Å². The molecule has 1 fully saturated rings. The molecule has 6 rings (SSSR count). The molecule has 8 nitrogen and oxygen atoms in total. The van der Waals surface area contributed by atoms with Gasteiger partial charge in [0.25, 0.3) is 5.91 Å². The van der Waals surface area contributed by atoms with E-state index in [0.717, 1.165) is 46.2 Å². The number of anilines is 1. The van der Waals surface area contributed by atoms with Crippen molar-refractivity contribution >= 4 is 35.2 Å². The number of amides is 3. The van der Waals surface area contributed by atoms with Crippen molar-refractivity contribution in [1.82, 2.24) is 10.2 Å². The van der Waals surface area contributed by atoms with E-state index in [9.17, 15) is 14.4 Å². The molecule has 0 aromatic heterocycles. The van der Waals surface area contributed by atoms with Gasteiger partial charge in [-0.2, -0.15) is 0 Å². The number of nitrogens with one attached hydrogen (secondary N) is 1. The zero-order chi connectivity index (χ0) is 34.5. The van der Waals surface area contributed by atoms with Crippen LogP contribution < -0.4 is 10.2 Å². The van der Waals surface area contributed by atoms with Gasteiger partial charge in [0.15, 0.2) is 0 Å². The predicted molar refractivity (Wildman–Crippen MR) is 191 cm³/mol. The van der Waals surface area contributed by atoms with Crippen molar-refractivity contribution in [2.75, 3.05) is 18.0 Å². The van der Waals surface area contributed by atoms with E-state index >= 15 is 0 Å². The van der Waals surface area contributed by atoms with Crippen molar-refractivity contribution in [1.29, 1.82) is 0 Å². The molecule has 0 radical (unpaired) electrons. The highest BCUT2D eigenvalue weighted by Crippen LogP contribution is 2.41. The predicted octanol–water partition coefficient (Wildman–Crippen LogP) is 8.07. The summed E-state index contributed by atoms with van der Waals surface area (Å²) in [6, 6.07) is 31.4. The Morgan fingerprint density at radius 3 is 2.31 bits per heavy atom. The average molecular weight is 680 g/mol. The van der Waals surface area contributed by atoms with Crippen LogP contribution in [0.25, 0.3) is 11.1 Å². The summed E-state index contributed by atoms with van der Waals surface area (Å²) in [4.78, 5) is 43.9. The fourth-order valence-corrected chi connectivity index (χ4v) is 6.53. The van der Waals surface area contributed by atoms with Crippen molar-refractivity contribution < 1.29 is 23.9 Å². The SMILES string of the molecule is CC(C)(C)OC(=O)NCc1cccc(C2OC(CC(=O)N3CCCC3)C(=O)N(Cc3ccc(-c4ccccc4)cc3)c3ccc(Cl)cc32)c1. The Bertz CT molecular complexity index is 1800. The van der Waals surface area contributed by atoms with Crippen molar-refractivity contribution in [3.63, 3.8) is 0 Å². The Labute approximate surface area is 293 Å². The second kappa shape index (κ2) is 14.8. The molecule has 3 amide bonds. The van der Waals surface area contributed by atoms with E-state index in [4.69, 9.17) is 21.1 Å². The summed E-state index contributed by atoms with van der Waals surface area (Å²) in [5, 5.41) is 3.31. The summed E-state index contributed by atoms with van der Waals surface area (Å²) >= 11 is 6.60. The van der Waals surface area contributed by atoms with Crippen LogP contribution in [-0.4, -0.2) is 47.6 Å². The summed E-state index contributed by atoms with van der Waals surface area (Å²) in [6.07, 6.45) is -0.419. The molecule has 254 valence electrons. The quantitative estimate of drug-likeness (QED) is 0.204. The number of halogens is 1. The number of rotatable bonds is 8. The molecule has 2 heterocycles. The minimum Gasteiger partial charge on any atom is -0.444 e. The number of alkyl carbamates (subject to hydrolysis) is 1. The molecule has 2 unspecified atom stereocenters. The highest BCUT2D eigenvalue weighted by Gasteiger charge is 2.39. The molecule has 4 aromatic carbocycles. The van der Waals surface area contributed by atoms with Crippen LogP contribution in [0.1, 0.15) is 68.4 Å². The fraction of sp³-hybridized carbons (Fsp3) is 0.325. The molecule has 2 aliphatic heterocycles. The summed E-state index contributed by atoms with van der Waals surface area (Å²) < 4.78 is 12.1. The lowest BCUT2D eigenvalue weighted by Gasteiger charge is -2.26. The van der Waals surface area contributed by atoms with Gasteiger partial charge < -0.3 is 24.6 Å². The van der Waals surface area contributed by atoms with Gasteiger partial charge in [-0.15, -0.1) is 0 Å². The van der Waals surface area contributed by atoms with Crippen LogP contribution in [0.4, 0.5) is 10.5 Å².